The highest BCUT2D eigenvalue weighted by Gasteiger charge is 2.38. The second-order valence-corrected chi connectivity index (χ2v) is 7.32. The maximum atomic E-state index is 12.4. The molecule has 0 radical (unpaired) electrons. The van der Waals surface area contributed by atoms with Crippen molar-refractivity contribution in [2.45, 2.75) is 38.5 Å². The van der Waals surface area contributed by atoms with Crippen LogP contribution in [0.2, 0.25) is 0 Å². The molecule has 1 saturated carbocycles. The second-order valence-electron chi connectivity index (χ2n) is 6.40. The van der Waals surface area contributed by atoms with Crippen LogP contribution >= 0.6 is 15.9 Å². The summed E-state index contributed by atoms with van der Waals surface area (Å²) in [6, 6.07) is 7.54. The van der Waals surface area contributed by atoms with Gasteiger partial charge in [-0.3, -0.25) is 9.59 Å². The summed E-state index contributed by atoms with van der Waals surface area (Å²) in [5.41, 5.74) is 0.626. The first kappa shape index (κ1) is 17.0. The van der Waals surface area contributed by atoms with Gasteiger partial charge in [0.15, 0.2) is 0 Å². The zero-order valence-electron chi connectivity index (χ0n) is 13.2. The van der Waals surface area contributed by atoms with Gasteiger partial charge in [-0.05, 0) is 42.5 Å². The molecule has 4 nitrogen and oxygen atoms in total. The lowest BCUT2D eigenvalue weighted by Crippen LogP contribution is -2.32. The lowest BCUT2D eigenvalue weighted by atomic mass is 9.78. The fraction of sp³-hybridized carbons (Fsp3) is 0.529. The Labute approximate surface area is 140 Å². The summed E-state index contributed by atoms with van der Waals surface area (Å²) in [6.07, 6.45) is 5.01. The van der Waals surface area contributed by atoms with Crippen molar-refractivity contribution in [1.29, 1.82) is 0 Å². The third-order valence-electron chi connectivity index (χ3n) is 4.35. The van der Waals surface area contributed by atoms with Crippen molar-refractivity contribution in [2.24, 2.45) is 5.41 Å². The van der Waals surface area contributed by atoms with Crippen LogP contribution in [0.4, 0.5) is 5.69 Å². The van der Waals surface area contributed by atoms with Crippen molar-refractivity contribution in [3.8, 4) is 0 Å². The van der Waals surface area contributed by atoms with Gasteiger partial charge >= 0.3 is 0 Å². The van der Waals surface area contributed by atoms with Gasteiger partial charge in [0.1, 0.15) is 0 Å². The molecule has 0 bridgehead atoms. The zero-order valence-corrected chi connectivity index (χ0v) is 14.8. The molecule has 0 unspecified atom stereocenters. The molecule has 0 atom stereocenters. The maximum Gasteiger partial charge on any atom is 0.224 e. The van der Waals surface area contributed by atoms with Crippen LogP contribution in [0.25, 0.3) is 0 Å². The normalized spacial score (nSPS) is 16.3. The lowest BCUT2D eigenvalue weighted by Gasteiger charge is -2.29. The van der Waals surface area contributed by atoms with Crippen LogP contribution < -0.4 is 5.32 Å². The number of hydrogen-bond acceptors (Lipinski definition) is 2. The van der Waals surface area contributed by atoms with E-state index in [1.807, 2.05) is 24.3 Å². The number of hydrogen-bond donors (Lipinski definition) is 1. The van der Waals surface area contributed by atoms with Crippen LogP contribution in [0.1, 0.15) is 38.5 Å². The van der Waals surface area contributed by atoms with Crippen molar-refractivity contribution in [3.05, 3.63) is 28.7 Å². The number of nitrogens with one attached hydrogen (secondary N) is 1. The minimum Gasteiger partial charge on any atom is -0.349 e. The number of amides is 2. The molecular formula is C17H23BrN2O2. The Kier molecular flexibility index (Phi) is 5.62. The van der Waals surface area contributed by atoms with E-state index in [0.717, 1.165) is 35.8 Å². The molecule has 1 N–H and O–H groups in total. The van der Waals surface area contributed by atoms with Crippen molar-refractivity contribution < 1.29 is 9.59 Å². The Balaban J connectivity index is 1.99. The maximum absolute atomic E-state index is 12.4. The molecule has 0 saturated heterocycles. The van der Waals surface area contributed by atoms with E-state index in [0.29, 0.717) is 12.8 Å². The van der Waals surface area contributed by atoms with Crippen LogP contribution in [0.15, 0.2) is 28.7 Å². The monoisotopic (exact) mass is 366 g/mol. The van der Waals surface area contributed by atoms with E-state index in [4.69, 9.17) is 0 Å². The van der Waals surface area contributed by atoms with Crippen LogP contribution in [-0.4, -0.2) is 30.8 Å². The zero-order chi connectivity index (χ0) is 16.2. The Bertz CT molecular complexity index is 534. The molecule has 1 aromatic carbocycles. The van der Waals surface area contributed by atoms with Gasteiger partial charge in [-0.15, -0.1) is 0 Å². The number of halogens is 1. The van der Waals surface area contributed by atoms with E-state index >= 15 is 0 Å². The van der Waals surface area contributed by atoms with Crippen molar-refractivity contribution >= 4 is 33.4 Å². The van der Waals surface area contributed by atoms with Crippen molar-refractivity contribution in [2.75, 3.05) is 19.4 Å². The molecule has 1 aliphatic carbocycles. The standard InChI is InChI=1S/C17H23BrN2O2/c1-20(2)16(22)12-17(9-3-4-10-17)11-15(21)19-14-7-5-13(18)6-8-14/h5-8H,3-4,9-12H2,1-2H3,(H,19,21). The van der Waals surface area contributed by atoms with E-state index in [2.05, 4.69) is 21.2 Å². The topological polar surface area (TPSA) is 49.4 Å². The first-order valence-electron chi connectivity index (χ1n) is 7.66. The highest BCUT2D eigenvalue weighted by molar-refractivity contribution is 9.10. The molecule has 1 aromatic rings. The number of carbonyl (C=O) groups excluding carboxylic acids is 2. The van der Waals surface area contributed by atoms with Crippen LogP contribution in [0, 0.1) is 5.41 Å². The third kappa shape index (κ3) is 4.57. The van der Waals surface area contributed by atoms with Crippen LogP contribution in [0.5, 0.6) is 0 Å². The summed E-state index contributed by atoms with van der Waals surface area (Å²) in [7, 11) is 3.54. The van der Waals surface area contributed by atoms with Gasteiger partial charge < -0.3 is 10.2 Å². The Morgan fingerprint density at radius 2 is 1.73 bits per heavy atom. The van der Waals surface area contributed by atoms with Crippen molar-refractivity contribution in [1.82, 2.24) is 4.90 Å². The molecular weight excluding hydrogens is 344 g/mol. The number of carbonyl (C=O) groups is 2. The third-order valence-corrected chi connectivity index (χ3v) is 4.88. The SMILES string of the molecule is CN(C)C(=O)CC1(CC(=O)Nc2ccc(Br)cc2)CCCC1. The van der Waals surface area contributed by atoms with Gasteiger partial charge in [-0.2, -0.15) is 0 Å². The number of nitrogens with zero attached hydrogens (tertiary/aromatic N) is 1. The van der Waals surface area contributed by atoms with Crippen molar-refractivity contribution in [3.63, 3.8) is 0 Å². The lowest BCUT2D eigenvalue weighted by molar-refractivity contribution is -0.131. The minimum atomic E-state index is -0.166. The minimum absolute atomic E-state index is 0.00391. The molecule has 0 aromatic heterocycles. The summed E-state index contributed by atoms with van der Waals surface area (Å²) in [5.74, 6) is 0.106. The number of benzene rings is 1. The summed E-state index contributed by atoms with van der Waals surface area (Å²) in [6.45, 7) is 0. The molecule has 1 aliphatic rings. The van der Waals surface area contributed by atoms with E-state index in [1.54, 1.807) is 19.0 Å². The summed E-state index contributed by atoms with van der Waals surface area (Å²) in [4.78, 5) is 26.1. The first-order valence-corrected chi connectivity index (χ1v) is 8.45. The van der Waals surface area contributed by atoms with E-state index in [-0.39, 0.29) is 17.2 Å². The summed E-state index contributed by atoms with van der Waals surface area (Å²) >= 11 is 3.38. The van der Waals surface area contributed by atoms with Crippen LogP contribution in [-0.2, 0) is 9.59 Å². The van der Waals surface area contributed by atoms with E-state index < -0.39 is 0 Å². The summed E-state index contributed by atoms with van der Waals surface area (Å²) in [5, 5.41) is 2.94. The largest absolute Gasteiger partial charge is 0.349 e. The fourth-order valence-corrected chi connectivity index (χ4v) is 3.36. The average molecular weight is 367 g/mol. The first-order chi connectivity index (χ1) is 10.4. The molecule has 120 valence electrons. The predicted molar refractivity (Wildman–Crippen MR) is 91.6 cm³/mol. The molecule has 0 aliphatic heterocycles. The number of rotatable bonds is 5. The Hall–Kier alpha value is -1.36. The molecule has 2 amide bonds. The quantitative estimate of drug-likeness (QED) is 0.860. The fourth-order valence-electron chi connectivity index (χ4n) is 3.10. The Morgan fingerprint density at radius 3 is 2.27 bits per heavy atom. The van der Waals surface area contributed by atoms with Gasteiger partial charge in [0.25, 0.3) is 0 Å². The summed E-state index contributed by atoms with van der Waals surface area (Å²) < 4.78 is 0.981. The molecule has 0 spiro atoms. The van der Waals surface area contributed by atoms with E-state index in [1.165, 1.54) is 0 Å². The second kappa shape index (κ2) is 7.27. The predicted octanol–water partition coefficient (Wildman–Crippen LogP) is 3.82. The molecule has 2 rings (SSSR count). The van der Waals surface area contributed by atoms with E-state index in [9.17, 15) is 9.59 Å². The molecule has 0 heterocycles. The molecule has 1 fully saturated rings. The highest BCUT2D eigenvalue weighted by atomic mass is 79.9. The number of anilines is 1. The highest BCUT2D eigenvalue weighted by Crippen LogP contribution is 2.44. The van der Waals surface area contributed by atoms with Gasteiger partial charge in [0.05, 0.1) is 0 Å². The average Bonchev–Trinajstić information content (AvgIpc) is 2.89. The Morgan fingerprint density at radius 1 is 1.14 bits per heavy atom. The smallest absolute Gasteiger partial charge is 0.224 e. The van der Waals surface area contributed by atoms with Gasteiger partial charge in [0.2, 0.25) is 11.8 Å². The molecule has 5 heteroatoms. The van der Waals surface area contributed by atoms with Gasteiger partial charge in [-0.1, -0.05) is 28.8 Å². The van der Waals surface area contributed by atoms with Gasteiger partial charge in [0, 0.05) is 37.1 Å². The van der Waals surface area contributed by atoms with Gasteiger partial charge in [-0.25, -0.2) is 0 Å². The molecule has 22 heavy (non-hydrogen) atoms. The van der Waals surface area contributed by atoms with Crippen LogP contribution in [0.3, 0.4) is 0 Å².